The largest absolute Gasteiger partial charge is 0.465 e. The first-order valence-electron chi connectivity index (χ1n) is 13.8. The molecule has 4 N–H and O–H groups in total. The van der Waals surface area contributed by atoms with Gasteiger partial charge in [0.25, 0.3) is 0 Å². The van der Waals surface area contributed by atoms with Crippen LogP contribution in [0.1, 0.15) is 54.6 Å². The number of amides is 2. The van der Waals surface area contributed by atoms with Crippen LogP contribution in [0.2, 0.25) is 10.0 Å². The molecule has 8 nitrogen and oxygen atoms in total. The standard InChI is InChI=1S/C32H33Cl2FN4O4/c1-31(2,3)15-24-32(19-11-10-17(33)14-22(19)38-30(32)42)25(18-7-6-8-20(34)26(18)35)27(39-24)28(40)37-21-12-9-16(29(41)43-5)13-23(21)36-4/h6-14,24-25,27,36,39H,15H2,1-5H3,(H,37,40)(H,38,42). The van der Waals surface area contributed by atoms with E-state index in [1.807, 2.05) is 20.8 Å². The second-order valence-electron chi connectivity index (χ2n) is 12.1. The molecule has 0 aromatic heterocycles. The molecule has 2 amide bonds. The second kappa shape index (κ2) is 11.4. The maximum absolute atomic E-state index is 16.0. The number of ether oxygens (including phenoxy) is 1. The van der Waals surface area contributed by atoms with E-state index in [4.69, 9.17) is 27.9 Å². The van der Waals surface area contributed by atoms with Gasteiger partial charge in [0.15, 0.2) is 0 Å². The number of benzene rings is 3. The lowest BCUT2D eigenvalue weighted by atomic mass is 9.62. The number of rotatable bonds is 6. The molecule has 0 aliphatic carbocycles. The quantitative estimate of drug-likeness (QED) is 0.237. The van der Waals surface area contributed by atoms with E-state index in [-0.39, 0.29) is 21.9 Å². The molecule has 2 heterocycles. The fraction of sp³-hybridized carbons (Fsp3) is 0.344. The Bertz CT molecular complexity index is 1630. The highest BCUT2D eigenvalue weighted by Crippen LogP contribution is 2.57. The Morgan fingerprint density at radius 1 is 1.07 bits per heavy atom. The first-order valence-corrected chi connectivity index (χ1v) is 14.6. The van der Waals surface area contributed by atoms with E-state index >= 15 is 4.39 Å². The Kier molecular flexibility index (Phi) is 8.19. The Balaban J connectivity index is 1.68. The minimum atomic E-state index is -1.37. The molecule has 43 heavy (non-hydrogen) atoms. The molecule has 0 radical (unpaired) electrons. The highest BCUT2D eigenvalue weighted by Gasteiger charge is 2.66. The van der Waals surface area contributed by atoms with Crippen LogP contribution in [-0.2, 0) is 19.7 Å². The van der Waals surface area contributed by atoms with Crippen LogP contribution in [0.15, 0.2) is 54.6 Å². The SMILES string of the molecule is CNc1cc(C(=O)OC)ccc1NC(=O)C1NC(CC(C)(C)C)C2(C(=O)Nc3cc(Cl)ccc32)C1c1cccc(Cl)c1F. The van der Waals surface area contributed by atoms with E-state index in [0.717, 1.165) is 0 Å². The average Bonchev–Trinajstić information content (AvgIpc) is 3.43. The molecule has 4 unspecified atom stereocenters. The predicted molar refractivity (Wildman–Crippen MR) is 167 cm³/mol. The van der Waals surface area contributed by atoms with Gasteiger partial charge in [-0.2, -0.15) is 0 Å². The van der Waals surface area contributed by atoms with E-state index in [9.17, 15) is 14.4 Å². The lowest BCUT2D eigenvalue weighted by Crippen LogP contribution is -2.49. The average molecular weight is 628 g/mol. The molecule has 0 bridgehead atoms. The fourth-order valence-corrected chi connectivity index (χ4v) is 6.82. The van der Waals surface area contributed by atoms with Gasteiger partial charge in [0.2, 0.25) is 11.8 Å². The molecular weight excluding hydrogens is 594 g/mol. The Morgan fingerprint density at radius 3 is 2.49 bits per heavy atom. The normalized spacial score (nSPS) is 22.7. The number of carbonyl (C=O) groups excluding carboxylic acids is 3. The van der Waals surface area contributed by atoms with Gasteiger partial charge in [-0.25, -0.2) is 9.18 Å². The zero-order valence-corrected chi connectivity index (χ0v) is 25.9. The lowest BCUT2D eigenvalue weighted by molar-refractivity contribution is -0.122. The molecule has 5 rings (SSSR count). The third-order valence-corrected chi connectivity index (χ3v) is 8.72. The summed E-state index contributed by atoms with van der Waals surface area (Å²) in [5, 5.41) is 12.7. The van der Waals surface area contributed by atoms with Crippen molar-refractivity contribution in [2.45, 2.75) is 50.6 Å². The summed E-state index contributed by atoms with van der Waals surface area (Å²) in [6.07, 6.45) is 0.487. The molecule has 0 saturated carbocycles. The first-order chi connectivity index (χ1) is 20.3. The summed E-state index contributed by atoms with van der Waals surface area (Å²) in [5.74, 6) is -3.06. The van der Waals surface area contributed by atoms with Crippen LogP contribution < -0.4 is 21.3 Å². The number of esters is 1. The highest BCUT2D eigenvalue weighted by molar-refractivity contribution is 6.31. The van der Waals surface area contributed by atoms with Crippen molar-refractivity contribution >= 4 is 58.0 Å². The van der Waals surface area contributed by atoms with Crippen molar-refractivity contribution in [2.75, 3.05) is 30.1 Å². The molecule has 1 fully saturated rings. The summed E-state index contributed by atoms with van der Waals surface area (Å²) < 4.78 is 20.8. The van der Waals surface area contributed by atoms with E-state index in [1.54, 1.807) is 49.5 Å². The minimum Gasteiger partial charge on any atom is -0.465 e. The van der Waals surface area contributed by atoms with Gasteiger partial charge in [0.1, 0.15) is 11.2 Å². The van der Waals surface area contributed by atoms with Crippen molar-refractivity contribution in [3.8, 4) is 0 Å². The van der Waals surface area contributed by atoms with Crippen molar-refractivity contribution in [2.24, 2.45) is 5.41 Å². The van der Waals surface area contributed by atoms with Gasteiger partial charge >= 0.3 is 5.97 Å². The van der Waals surface area contributed by atoms with Crippen LogP contribution in [-0.4, -0.2) is 44.0 Å². The molecule has 3 aromatic rings. The molecule has 3 aromatic carbocycles. The van der Waals surface area contributed by atoms with Crippen LogP contribution in [0, 0.1) is 11.2 Å². The first kappa shape index (κ1) is 30.8. The molecule has 2 aliphatic rings. The van der Waals surface area contributed by atoms with Gasteiger partial charge < -0.3 is 26.0 Å². The monoisotopic (exact) mass is 626 g/mol. The number of hydrogen-bond donors (Lipinski definition) is 4. The van der Waals surface area contributed by atoms with E-state index in [1.165, 1.54) is 19.2 Å². The Hall–Kier alpha value is -3.66. The summed E-state index contributed by atoms with van der Waals surface area (Å²) in [4.78, 5) is 40.6. The van der Waals surface area contributed by atoms with Crippen molar-refractivity contribution in [1.82, 2.24) is 5.32 Å². The number of methoxy groups -OCH3 is 1. The highest BCUT2D eigenvalue weighted by atomic mass is 35.5. The zero-order chi connectivity index (χ0) is 31.3. The fourth-order valence-electron chi connectivity index (χ4n) is 6.47. The van der Waals surface area contributed by atoms with Crippen LogP contribution in [0.3, 0.4) is 0 Å². The molecule has 4 atom stereocenters. The third kappa shape index (κ3) is 5.34. The number of nitrogens with one attached hydrogen (secondary N) is 4. The molecule has 1 saturated heterocycles. The third-order valence-electron chi connectivity index (χ3n) is 8.19. The van der Waals surface area contributed by atoms with E-state index in [2.05, 4.69) is 21.3 Å². The van der Waals surface area contributed by atoms with Crippen LogP contribution >= 0.6 is 23.2 Å². The minimum absolute atomic E-state index is 0.114. The van der Waals surface area contributed by atoms with Gasteiger partial charge in [-0.1, -0.05) is 62.2 Å². The maximum Gasteiger partial charge on any atom is 0.337 e. The van der Waals surface area contributed by atoms with E-state index < -0.39 is 41.1 Å². The van der Waals surface area contributed by atoms with Crippen LogP contribution in [0.4, 0.5) is 21.5 Å². The Morgan fingerprint density at radius 2 is 1.81 bits per heavy atom. The Labute approximate surface area is 259 Å². The van der Waals surface area contributed by atoms with E-state index in [0.29, 0.717) is 39.6 Å². The van der Waals surface area contributed by atoms with Crippen LogP contribution in [0.5, 0.6) is 0 Å². The molecule has 226 valence electrons. The number of halogens is 3. The molecule has 1 spiro atoms. The predicted octanol–water partition coefficient (Wildman–Crippen LogP) is 6.35. The number of hydrogen-bond acceptors (Lipinski definition) is 6. The van der Waals surface area contributed by atoms with Crippen molar-refractivity contribution < 1.29 is 23.5 Å². The smallest absolute Gasteiger partial charge is 0.337 e. The molecule has 2 aliphatic heterocycles. The molecule has 11 heteroatoms. The summed E-state index contributed by atoms with van der Waals surface area (Å²) in [6, 6.07) is 12.8. The topological polar surface area (TPSA) is 109 Å². The van der Waals surface area contributed by atoms with Crippen LogP contribution in [0.25, 0.3) is 0 Å². The van der Waals surface area contributed by atoms with Gasteiger partial charge in [-0.3, -0.25) is 9.59 Å². The second-order valence-corrected chi connectivity index (χ2v) is 12.9. The van der Waals surface area contributed by atoms with Gasteiger partial charge in [0.05, 0.1) is 35.1 Å². The van der Waals surface area contributed by atoms with Crippen molar-refractivity contribution in [3.05, 3.63) is 87.2 Å². The van der Waals surface area contributed by atoms with Crippen molar-refractivity contribution in [1.29, 1.82) is 0 Å². The van der Waals surface area contributed by atoms with Gasteiger partial charge in [0, 0.05) is 29.7 Å². The molecular formula is C32H33Cl2FN4O4. The number of fused-ring (bicyclic) bond motifs is 2. The summed E-state index contributed by atoms with van der Waals surface area (Å²) in [6.45, 7) is 6.13. The lowest BCUT2D eigenvalue weighted by Gasteiger charge is -2.37. The summed E-state index contributed by atoms with van der Waals surface area (Å²) in [7, 11) is 2.94. The number of carbonyl (C=O) groups is 3. The van der Waals surface area contributed by atoms with Gasteiger partial charge in [-0.05, 0) is 59.4 Å². The van der Waals surface area contributed by atoms with Crippen molar-refractivity contribution in [3.63, 3.8) is 0 Å². The van der Waals surface area contributed by atoms with Gasteiger partial charge in [-0.15, -0.1) is 0 Å². The summed E-state index contributed by atoms with van der Waals surface area (Å²) in [5.41, 5.74) is 0.800. The maximum atomic E-state index is 16.0. The summed E-state index contributed by atoms with van der Waals surface area (Å²) >= 11 is 12.6. The number of anilines is 3. The zero-order valence-electron chi connectivity index (χ0n) is 24.4.